The lowest BCUT2D eigenvalue weighted by Crippen LogP contribution is -2.16. The van der Waals surface area contributed by atoms with E-state index in [4.69, 9.17) is 0 Å². The molecule has 0 aliphatic carbocycles. The molecule has 1 unspecified atom stereocenters. The highest BCUT2D eigenvalue weighted by atomic mass is 16.3. The van der Waals surface area contributed by atoms with E-state index >= 15 is 0 Å². The summed E-state index contributed by atoms with van der Waals surface area (Å²) in [7, 11) is 0. The number of hydrogen-bond acceptors (Lipinski definition) is 1. The lowest BCUT2D eigenvalue weighted by Gasteiger charge is -2.08. The first-order valence-electron chi connectivity index (χ1n) is 6.02. The van der Waals surface area contributed by atoms with E-state index in [1.807, 2.05) is 12.2 Å². The van der Waals surface area contributed by atoms with Crippen molar-refractivity contribution in [1.29, 1.82) is 0 Å². The van der Waals surface area contributed by atoms with Gasteiger partial charge in [0, 0.05) is 0 Å². The lowest BCUT2D eigenvalue weighted by molar-refractivity contribution is 0.174. The summed E-state index contributed by atoms with van der Waals surface area (Å²) in [5.74, 6) is 5.45. The molecule has 0 aliphatic heterocycles. The predicted octanol–water partition coefficient (Wildman–Crippen LogP) is 4.01. The van der Waals surface area contributed by atoms with E-state index < -0.39 is 5.60 Å². The Morgan fingerprint density at radius 1 is 1.29 bits per heavy atom. The molecule has 0 aromatic carbocycles. The average Bonchev–Trinajstić information content (AvgIpc) is 2.16. The largest absolute Gasteiger partial charge is 0.374 e. The fraction of sp³-hybridized carbons (Fsp3) is 0.500. The van der Waals surface area contributed by atoms with E-state index in [0.717, 1.165) is 12.8 Å². The molecule has 0 fully saturated rings. The molecule has 0 aromatic rings. The molecule has 0 saturated carbocycles. The van der Waals surface area contributed by atoms with Crippen LogP contribution in [-0.2, 0) is 0 Å². The maximum atomic E-state index is 9.78. The van der Waals surface area contributed by atoms with Gasteiger partial charge in [-0.3, -0.25) is 0 Å². The molecule has 0 bridgehead atoms. The normalized spacial score (nSPS) is 15.1. The van der Waals surface area contributed by atoms with E-state index in [1.54, 1.807) is 19.9 Å². The maximum Gasteiger partial charge on any atom is 0.141 e. The molecule has 0 spiro atoms. The van der Waals surface area contributed by atoms with Crippen molar-refractivity contribution in [2.45, 2.75) is 53.1 Å². The van der Waals surface area contributed by atoms with Crippen molar-refractivity contribution < 1.29 is 5.11 Å². The smallest absolute Gasteiger partial charge is 0.141 e. The summed E-state index contributed by atoms with van der Waals surface area (Å²) in [6, 6.07) is 0. The van der Waals surface area contributed by atoms with Gasteiger partial charge in [0.2, 0.25) is 0 Å². The average molecular weight is 232 g/mol. The van der Waals surface area contributed by atoms with Crippen LogP contribution >= 0.6 is 0 Å². The van der Waals surface area contributed by atoms with Crippen molar-refractivity contribution in [3.8, 4) is 11.8 Å². The zero-order valence-electron chi connectivity index (χ0n) is 11.7. The second-order valence-corrected chi connectivity index (χ2v) is 4.71. The van der Waals surface area contributed by atoms with Crippen LogP contribution in [-0.4, -0.2) is 10.7 Å². The first-order chi connectivity index (χ1) is 7.87. The number of allylic oxidation sites excluding steroid dienone is 5. The van der Waals surface area contributed by atoms with Gasteiger partial charge < -0.3 is 5.11 Å². The number of rotatable bonds is 5. The zero-order chi connectivity index (χ0) is 13.3. The Morgan fingerprint density at radius 3 is 2.47 bits per heavy atom. The van der Waals surface area contributed by atoms with Crippen LogP contribution in [0.1, 0.15) is 47.5 Å². The Hall–Kier alpha value is -1.26. The summed E-state index contributed by atoms with van der Waals surface area (Å²) < 4.78 is 0. The summed E-state index contributed by atoms with van der Waals surface area (Å²) >= 11 is 0. The van der Waals surface area contributed by atoms with E-state index in [0.29, 0.717) is 0 Å². The van der Waals surface area contributed by atoms with Crippen LogP contribution in [0, 0.1) is 11.8 Å². The Labute approximate surface area is 106 Å². The quantitative estimate of drug-likeness (QED) is 0.431. The van der Waals surface area contributed by atoms with Crippen LogP contribution in [0.2, 0.25) is 0 Å². The van der Waals surface area contributed by atoms with Crippen LogP contribution in [0.5, 0.6) is 0 Å². The molecule has 94 valence electrons. The second kappa shape index (κ2) is 7.92. The standard InChI is InChI=1S/C16H24O/c1-6-12-16(5,17)13-8-11-15(4)10-7-9-14(2)3/h8-9,11,13,17H,7,10H2,1-5H3. The van der Waals surface area contributed by atoms with Crippen molar-refractivity contribution in [3.05, 3.63) is 35.5 Å². The molecule has 0 aliphatic rings. The van der Waals surface area contributed by atoms with Crippen molar-refractivity contribution in [3.63, 3.8) is 0 Å². The van der Waals surface area contributed by atoms with Crippen molar-refractivity contribution >= 4 is 0 Å². The number of hydrogen-bond donors (Lipinski definition) is 1. The molecule has 0 amide bonds. The molecular weight excluding hydrogens is 208 g/mol. The summed E-state index contributed by atoms with van der Waals surface area (Å²) in [5.41, 5.74) is 1.64. The monoisotopic (exact) mass is 232 g/mol. The molecule has 0 heterocycles. The van der Waals surface area contributed by atoms with Gasteiger partial charge in [-0.15, -0.1) is 5.92 Å². The Bertz CT molecular complexity index is 366. The van der Waals surface area contributed by atoms with Gasteiger partial charge in [-0.05, 0) is 53.5 Å². The summed E-state index contributed by atoms with van der Waals surface area (Å²) in [4.78, 5) is 0. The SMILES string of the molecule is CC#CC(C)(O)C=CC=C(C)CCC=C(C)C. The highest BCUT2D eigenvalue weighted by molar-refractivity contribution is 5.23. The first kappa shape index (κ1) is 15.7. The minimum atomic E-state index is -1.02. The molecular formula is C16H24O. The molecule has 0 rings (SSSR count). The maximum absolute atomic E-state index is 9.78. The van der Waals surface area contributed by atoms with E-state index in [2.05, 4.69) is 38.7 Å². The molecule has 1 atom stereocenters. The third-order valence-electron chi connectivity index (χ3n) is 2.27. The highest BCUT2D eigenvalue weighted by Crippen LogP contribution is 2.08. The Kier molecular flexibility index (Phi) is 7.34. The van der Waals surface area contributed by atoms with E-state index in [1.165, 1.54) is 11.1 Å². The van der Waals surface area contributed by atoms with E-state index in [-0.39, 0.29) is 0 Å². The topological polar surface area (TPSA) is 20.2 Å². The molecule has 0 radical (unpaired) electrons. The minimum absolute atomic E-state index is 1.02. The third-order valence-corrected chi connectivity index (χ3v) is 2.27. The molecule has 0 aromatic heterocycles. The van der Waals surface area contributed by atoms with Crippen molar-refractivity contribution in [2.75, 3.05) is 0 Å². The third kappa shape index (κ3) is 9.66. The van der Waals surface area contributed by atoms with E-state index in [9.17, 15) is 5.11 Å². The minimum Gasteiger partial charge on any atom is -0.374 e. The molecule has 1 heteroatoms. The Balaban J connectivity index is 4.26. The molecule has 1 nitrogen and oxygen atoms in total. The van der Waals surface area contributed by atoms with Gasteiger partial charge >= 0.3 is 0 Å². The van der Waals surface area contributed by atoms with Crippen LogP contribution in [0.25, 0.3) is 0 Å². The fourth-order valence-electron chi connectivity index (χ4n) is 1.37. The molecule has 1 N–H and O–H groups in total. The second-order valence-electron chi connectivity index (χ2n) is 4.71. The van der Waals surface area contributed by atoms with Crippen LogP contribution in [0.3, 0.4) is 0 Å². The first-order valence-corrected chi connectivity index (χ1v) is 6.02. The summed E-state index contributed by atoms with van der Waals surface area (Å²) in [6.07, 6.45) is 9.99. The van der Waals surface area contributed by atoms with Gasteiger partial charge in [0.25, 0.3) is 0 Å². The Morgan fingerprint density at radius 2 is 1.94 bits per heavy atom. The summed E-state index contributed by atoms with van der Waals surface area (Å²) in [5, 5.41) is 9.78. The summed E-state index contributed by atoms with van der Waals surface area (Å²) in [6.45, 7) is 9.73. The van der Waals surface area contributed by atoms with Gasteiger partial charge in [-0.1, -0.05) is 35.3 Å². The van der Waals surface area contributed by atoms with Gasteiger partial charge in [-0.25, -0.2) is 0 Å². The highest BCUT2D eigenvalue weighted by Gasteiger charge is 2.09. The zero-order valence-corrected chi connectivity index (χ0v) is 11.7. The predicted molar refractivity (Wildman–Crippen MR) is 75.6 cm³/mol. The van der Waals surface area contributed by atoms with Gasteiger partial charge in [0.1, 0.15) is 5.60 Å². The van der Waals surface area contributed by atoms with Crippen LogP contribution in [0.4, 0.5) is 0 Å². The lowest BCUT2D eigenvalue weighted by atomic mass is 10.1. The van der Waals surface area contributed by atoms with Crippen molar-refractivity contribution in [2.24, 2.45) is 0 Å². The van der Waals surface area contributed by atoms with Gasteiger partial charge in [-0.2, -0.15) is 0 Å². The fourth-order valence-corrected chi connectivity index (χ4v) is 1.37. The molecule has 0 saturated heterocycles. The van der Waals surface area contributed by atoms with Gasteiger partial charge in [0.05, 0.1) is 0 Å². The van der Waals surface area contributed by atoms with Gasteiger partial charge in [0.15, 0.2) is 0 Å². The molecule has 17 heavy (non-hydrogen) atoms. The van der Waals surface area contributed by atoms with Crippen LogP contribution in [0.15, 0.2) is 35.5 Å². The van der Waals surface area contributed by atoms with Crippen LogP contribution < -0.4 is 0 Å². The number of aliphatic hydroxyl groups is 1. The van der Waals surface area contributed by atoms with Crippen molar-refractivity contribution in [1.82, 2.24) is 0 Å².